The van der Waals surface area contributed by atoms with Crippen molar-refractivity contribution in [3.8, 4) is 0 Å². The molecule has 0 aromatic rings. The third-order valence-electron chi connectivity index (χ3n) is 15.3. The Morgan fingerprint density at radius 3 is 1.28 bits per heavy atom. The molecule has 0 aromatic carbocycles. The van der Waals surface area contributed by atoms with Crippen LogP contribution in [-0.4, -0.2) is 59.1 Å². The van der Waals surface area contributed by atoms with E-state index in [1.165, 1.54) is 25.4 Å². The van der Waals surface area contributed by atoms with Crippen molar-refractivity contribution in [3.63, 3.8) is 0 Å². The van der Waals surface area contributed by atoms with E-state index in [0.717, 1.165) is 64.2 Å². The second-order valence-corrected chi connectivity index (χ2v) is 18.5. The zero-order chi connectivity index (χ0) is 37.2. The van der Waals surface area contributed by atoms with Crippen LogP contribution in [0.4, 0.5) is 0 Å². The molecule has 6 aliphatic carbocycles. The van der Waals surface area contributed by atoms with Crippen LogP contribution in [0.3, 0.4) is 0 Å². The first-order valence-corrected chi connectivity index (χ1v) is 19.3. The zero-order valence-electron chi connectivity index (χ0n) is 32.4. The predicted octanol–water partition coefficient (Wildman–Crippen LogP) is 7.34. The van der Waals surface area contributed by atoms with E-state index in [2.05, 4.69) is 41.5 Å². The van der Waals surface area contributed by atoms with E-state index >= 15 is 0 Å². The number of esters is 2. The molecule has 8 nitrogen and oxygen atoms in total. The Hall–Kier alpha value is -2.32. The minimum atomic E-state index is -1.36. The summed E-state index contributed by atoms with van der Waals surface area (Å²) in [5.41, 5.74) is -2.08. The van der Waals surface area contributed by atoms with Crippen molar-refractivity contribution >= 4 is 23.5 Å². The van der Waals surface area contributed by atoms with E-state index in [1.54, 1.807) is 0 Å². The van der Waals surface area contributed by atoms with Gasteiger partial charge in [0.25, 0.3) is 0 Å². The molecule has 0 saturated heterocycles. The molecule has 0 amide bonds. The fraction of sp³-hybridized carbons (Fsp3) is 0.810. The Kier molecular flexibility index (Phi) is 10.3. The van der Waals surface area contributed by atoms with Gasteiger partial charge in [0, 0.05) is 24.7 Å². The summed E-state index contributed by atoms with van der Waals surface area (Å²) in [5, 5.41) is 22.8. The predicted molar refractivity (Wildman–Crippen MR) is 192 cm³/mol. The van der Waals surface area contributed by atoms with Gasteiger partial charge in [0.1, 0.15) is 11.2 Å². The lowest BCUT2D eigenvalue weighted by molar-refractivity contribution is -0.191. The summed E-state index contributed by atoms with van der Waals surface area (Å²) in [4.78, 5) is 51.3. The maximum absolute atomic E-state index is 13.1. The second kappa shape index (κ2) is 13.3. The van der Waals surface area contributed by atoms with Crippen LogP contribution in [0.2, 0.25) is 0 Å². The minimum absolute atomic E-state index is 0.0621. The molecule has 0 aromatic heterocycles. The van der Waals surface area contributed by atoms with Crippen LogP contribution in [0.1, 0.15) is 132 Å². The number of rotatable bonds is 4. The van der Waals surface area contributed by atoms with Gasteiger partial charge in [-0.15, -0.1) is 0 Å². The van der Waals surface area contributed by atoms with E-state index in [1.807, 2.05) is 26.0 Å². The van der Waals surface area contributed by atoms with Crippen LogP contribution >= 0.6 is 0 Å². The van der Waals surface area contributed by atoms with E-state index in [0.29, 0.717) is 11.8 Å². The molecule has 50 heavy (non-hydrogen) atoms. The minimum Gasteiger partial charge on any atom is -0.469 e. The number of fused-ring (bicyclic) bond motifs is 6. The summed E-state index contributed by atoms with van der Waals surface area (Å²) in [5.74, 6) is -0.321. The van der Waals surface area contributed by atoms with Gasteiger partial charge in [-0.2, -0.15) is 0 Å². The highest BCUT2D eigenvalue weighted by molar-refractivity contribution is 5.93. The van der Waals surface area contributed by atoms with Gasteiger partial charge in [0.15, 0.2) is 11.6 Å². The van der Waals surface area contributed by atoms with E-state index < -0.39 is 22.0 Å². The molecule has 4 fully saturated rings. The van der Waals surface area contributed by atoms with Crippen molar-refractivity contribution in [1.82, 2.24) is 0 Å². The highest BCUT2D eigenvalue weighted by Crippen LogP contribution is 2.65. The molecule has 6 rings (SSSR count). The Morgan fingerprint density at radius 2 is 0.980 bits per heavy atom. The SMILES string of the molecule is COC(=O)[C@]1(C)CCC[C@]2(C)[C@H]3CCC(C(C)C)=C[C@@]3(O)C(=O)C[C@H]21.COC(=O)[C@]1(C)CCC[C@]2(C)[C@H]3CCC(C(C)C)=C[C@@]3(O)C(=O)C[C@H]21. The molecular formula is C42H64O8. The molecule has 0 heterocycles. The Labute approximate surface area is 300 Å². The number of ketones is 2. The molecule has 0 bridgehead atoms. The van der Waals surface area contributed by atoms with E-state index in [9.17, 15) is 29.4 Å². The van der Waals surface area contributed by atoms with Crippen LogP contribution in [0.5, 0.6) is 0 Å². The zero-order valence-corrected chi connectivity index (χ0v) is 32.4. The normalized spacial score (nSPS) is 44.0. The monoisotopic (exact) mass is 696 g/mol. The fourth-order valence-electron chi connectivity index (χ4n) is 12.3. The first-order chi connectivity index (χ1) is 23.2. The number of Topliss-reactive ketones (excluding diaryl/α,β-unsaturated/α-hetero) is 2. The third kappa shape index (κ3) is 5.77. The molecule has 6 aliphatic rings. The van der Waals surface area contributed by atoms with Crippen molar-refractivity contribution < 1.29 is 38.9 Å². The molecule has 0 spiro atoms. The molecule has 280 valence electrons. The Morgan fingerprint density at radius 1 is 0.640 bits per heavy atom. The number of methoxy groups -OCH3 is 2. The number of carbonyl (C=O) groups excluding carboxylic acids is 4. The Bertz CT molecular complexity index is 1350. The van der Waals surface area contributed by atoms with Gasteiger partial charge in [-0.05, 0) is 112 Å². The molecule has 0 unspecified atom stereocenters. The molecule has 4 saturated carbocycles. The van der Waals surface area contributed by atoms with Crippen molar-refractivity contribution in [2.75, 3.05) is 14.2 Å². The first kappa shape index (κ1) is 38.9. The summed E-state index contributed by atoms with van der Waals surface area (Å²) in [6, 6.07) is 0. The van der Waals surface area contributed by atoms with Gasteiger partial charge in [0.05, 0.1) is 25.0 Å². The van der Waals surface area contributed by atoms with Gasteiger partial charge in [-0.1, -0.05) is 65.5 Å². The number of hydrogen-bond donors (Lipinski definition) is 2. The second-order valence-electron chi connectivity index (χ2n) is 18.5. The Balaban J connectivity index is 0.000000194. The summed E-state index contributed by atoms with van der Waals surface area (Å²) in [6.45, 7) is 16.7. The fourth-order valence-corrected chi connectivity index (χ4v) is 12.3. The highest BCUT2D eigenvalue weighted by atomic mass is 16.5. The quantitative estimate of drug-likeness (QED) is 0.231. The molecule has 8 heteroatoms. The smallest absolute Gasteiger partial charge is 0.311 e. The molecular weight excluding hydrogens is 632 g/mol. The average molecular weight is 697 g/mol. The van der Waals surface area contributed by atoms with E-state index in [-0.39, 0.29) is 70.8 Å². The lowest BCUT2D eigenvalue weighted by Crippen LogP contribution is -2.64. The van der Waals surface area contributed by atoms with Crippen molar-refractivity contribution in [2.45, 2.75) is 144 Å². The molecule has 0 radical (unpaired) electrons. The highest BCUT2D eigenvalue weighted by Gasteiger charge is 2.67. The molecule has 0 aliphatic heterocycles. The molecule has 10 atom stereocenters. The van der Waals surface area contributed by atoms with Crippen molar-refractivity contribution in [3.05, 3.63) is 23.3 Å². The van der Waals surface area contributed by atoms with Gasteiger partial charge in [0.2, 0.25) is 0 Å². The summed E-state index contributed by atoms with van der Waals surface area (Å²) >= 11 is 0. The number of carbonyl (C=O) groups is 4. The number of aliphatic hydroxyl groups is 2. The van der Waals surface area contributed by atoms with Gasteiger partial charge >= 0.3 is 11.9 Å². The van der Waals surface area contributed by atoms with Crippen molar-refractivity contribution in [1.29, 1.82) is 0 Å². The maximum atomic E-state index is 13.1. The van der Waals surface area contributed by atoms with Crippen LogP contribution in [0.25, 0.3) is 0 Å². The van der Waals surface area contributed by atoms with Crippen LogP contribution in [0.15, 0.2) is 23.3 Å². The largest absolute Gasteiger partial charge is 0.469 e. The van der Waals surface area contributed by atoms with E-state index in [4.69, 9.17) is 9.47 Å². The summed E-state index contributed by atoms with van der Waals surface area (Å²) in [6.07, 6.45) is 13.0. The standard InChI is InChI=1S/2C21H32O4/c2*1-13(2)14-7-8-15-19(3)9-6-10-20(4,18(23)25-5)16(19)11-17(22)21(15,24)12-14/h2*12-13,15-16,24H,6-11H2,1-5H3/t2*15-,16-,19-,20-,21+/m11/s1. The van der Waals surface area contributed by atoms with Crippen LogP contribution < -0.4 is 0 Å². The number of ether oxygens (including phenoxy) is 2. The maximum Gasteiger partial charge on any atom is 0.311 e. The molecule has 2 N–H and O–H groups in total. The number of hydrogen-bond acceptors (Lipinski definition) is 8. The van der Waals surface area contributed by atoms with Gasteiger partial charge in [-0.3, -0.25) is 19.2 Å². The van der Waals surface area contributed by atoms with Crippen LogP contribution in [-0.2, 0) is 28.7 Å². The first-order valence-electron chi connectivity index (χ1n) is 19.3. The van der Waals surface area contributed by atoms with Crippen LogP contribution in [0, 0.1) is 57.2 Å². The van der Waals surface area contributed by atoms with Gasteiger partial charge in [-0.25, -0.2) is 0 Å². The number of allylic oxidation sites excluding steroid dienone is 2. The topological polar surface area (TPSA) is 127 Å². The average Bonchev–Trinajstić information content (AvgIpc) is 3.06. The van der Waals surface area contributed by atoms with Crippen molar-refractivity contribution in [2.24, 2.45) is 57.2 Å². The lowest BCUT2D eigenvalue weighted by Gasteiger charge is -2.61. The van der Waals surface area contributed by atoms with Gasteiger partial charge < -0.3 is 19.7 Å². The summed E-state index contributed by atoms with van der Waals surface area (Å²) in [7, 11) is 2.86. The lowest BCUT2D eigenvalue weighted by atomic mass is 9.43. The summed E-state index contributed by atoms with van der Waals surface area (Å²) < 4.78 is 10.2. The third-order valence-corrected chi connectivity index (χ3v) is 15.3.